The number of rotatable bonds is 11. The molecule has 6 heteroatoms. The standard InChI is InChI=1S/C29H29N3O3/c1-3-4-18-30-26(29(33)34-2)21-22-14-16-24(17-15-22)35-20-19-32-27-13-9-8-12-25(27)31-28(32)23-10-6-5-7-11-23/h3-18,26,30H,1,19-21H2,2H3/b18-4-. The molecule has 0 aliphatic heterocycles. The minimum Gasteiger partial charge on any atom is -0.492 e. The van der Waals surface area contributed by atoms with Gasteiger partial charge < -0.3 is 19.4 Å². The number of hydrogen-bond donors (Lipinski definition) is 1. The number of carbonyl (C=O) groups excluding carboxylic acids is 1. The van der Waals surface area contributed by atoms with E-state index >= 15 is 0 Å². The van der Waals surface area contributed by atoms with Crippen LogP contribution in [0.25, 0.3) is 22.4 Å². The highest BCUT2D eigenvalue weighted by molar-refractivity contribution is 5.80. The third-order valence-electron chi connectivity index (χ3n) is 5.65. The van der Waals surface area contributed by atoms with Gasteiger partial charge in [-0.25, -0.2) is 9.78 Å². The number of imidazole rings is 1. The maximum absolute atomic E-state index is 12.1. The summed E-state index contributed by atoms with van der Waals surface area (Å²) in [5, 5.41) is 3.05. The van der Waals surface area contributed by atoms with Crippen LogP contribution in [0.2, 0.25) is 0 Å². The Morgan fingerprint density at radius 1 is 1.06 bits per heavy atom. The molecule has 0 spiro atoms. The van der Waals surface area contributed by atoms with E-state index in [0.717, 1.165) is 33.7 Å². The van der Waals surface area contributed by atoms with Crippen molar-refractivity contribution in [2.75, 3.05) is 13.7 Å². The molecule has 1 unspecified atom stereocenters. The van der Waals surface area contributed by atoms with Crippen LogP contribution in [-0.2, 0) is 22.5 Å². The van der Waals surface area contributed by atoms with Gasteiger partial charge in [-0.15, -0.1) is 0 Å². The number of hydrogen-bond acceptors (Lipinski definition) is 5. The number of benzene rings is 3. The summed E-state index contributed by atoms with van der Waals surface area (Å²) in [7, 11) is 1.39. The third kappa shape index (κ3) is 5.98. The van der Waals surface area contributed by atoms with Gasteiger partial charge in [0.15, 0.2) is 0 Å². The highest BCUT2D eigenvalue weighted by atomic mass is 16.5. The second-order valence-electron chi connectivity index (χ2n) is 7.98. The summed E-state index contributed by atoms with van der Waals surface area (Å²) in [6.45, 7) is 4.79. The molecule has 6 nitrogen and oxygen atoms in total. The molecule has 1 N–H and O–H groups in total. The molecule has 0 fully saturated rings. The molecule has 4 rings (SSSR count). The first-order valence-electron chi connectivity index (χ1n) is 11.5. The van der Waals surface area contributed by atoms with Crippen LogP contribution in [0.4, 0.5) is 0 Å². The number of para-hydroxylation sites is 2. The molecule has 0 aliphatic carbocycles. The van der Waals surface area contributed by atoms with Crippen molar-refractivity contribution in [3.63, 3.8) is 0 Å². The summed E-state index contributed by atoms with van der Waals surface area (Å²) in [4.78, 5) is 16.9. The third-order valence-corrected chi connectivity index (χ3v) is 5.65. The van der Waals surface area contributed by atoms with Gasteiger partial charge in [0.25, 0.3) is 0 Å². The Morgan fingerprint density at radius 2 is 1.80 bits per heavy atom. The van der Waals surface area contributed by atoms with Gasteiger partial charge in [-0.3, -0.25) is 0 Å². The maximum atomic E-state index is 12.1. The van der Waals surface area contributed by atoms with Gasteiger partial charge in [-0.2, -0.15) is 0 Å². The monoisotopic (exact) mass is 467 g/mol. The maximum Gasteiger partial charge on any atom is 0.328 e. The summed E-state index contributed by atoms with van der Waals surface area (Å²) in [5.74, 6) is 1.38. The fourth-order valence-corrected chi connectivity index (χ4v) is 3.91. The molecule has 4 aromatic rings. The fourth-order valence-electron chi connectivity index (χ4n) is 3.91. The molecule has 178 valence electrons. The summed E-state index contributed by atoms with van der Waals surface area (Å²) in [6.07, 6.45) is 5.56. The average molecular weight is 468 g/mol. The summed E-state index contributed by atoms with van der Waals surface area (Å²) < 4.78 is 13.2. The molecule has 1 atom stereocenters. The molecule has 35 heavy (non-hydrogen) atoms. The van der Waals surface area contributed by atoms with E-state index in [1.54, 1.807) is 18.4 Å². The van der Waals surface area contributed by atoms with Gasteiger partial charge in [0, 0.05) is 12.0 Å². The number of ether oxygens (including phenoxy) is 2. The molecular weight excluding hydrogens is 438 g/mol. The van der Waals surface area contributed by atoms with E-state index in [4.69, 9.17) is 14.5 Å². The van der Waals surface area contributed by atoms with Crippen LogP contribution in [0.1, 0.15) is 5.56 Å². The van der Waals surface area contributed by atoms with Crippen LogP contribution in [0, 0.1) is 0 Å². The number of carbonyl (C=O) groups is 1. The molecule has 0 saturated carbocycles. The molecule has 0 amide bonds. The number of aromatic nitrogens is 2. The van der Waals surface area contributed by atoms with Gasteiger partial charge in [-0.1, -0.05) is 67.3 Å². The Hall–Kier alpha value is -4.32. The first-order valence-corrected chi connectivity index (χ1v) is 11.5. The molecule has 0 aliphatic rings. The van der Waals surface area contributed by atoms with E-state index in [2.05, 4.69) is 34.7 Å². The highest BCUT2D eigenvalue weighted by Crippen LogP contribution is 2.25. The number of fused-ring (bicyclic) bond motifs is 1. The van der Waals surface area contributed by atoms with Crippen molar-refractivity contribution in [3.8, 4) is 17.1 Å². The Morgan fingerprint density at radius 3 is 2.54 bits per heavy atom. The second kappa shape index (κ2) is 11.7. The number of nitrogens with one attached hydrogen (secondary N) is 1. The normalized spacial score (nSPS) is 11.9. The van der Waals surface area contributed by atoms with E-state index in [1.165, 1.54) is 7.11 Å². The van der Waals surface area contributed by atoms with Crippen LogP contribution in [0.3, 0.4) is 0 Å². The van der Waals surface area contributed by atoms with Crippen molar-refractivity contribution in [1.82, 2.24) is 14.9 Å². The lowest BCUT2D eigenvalue weighted by Crippen LogP contribution is -2.36. The average Bonchev–Trinajstić information content (AvgIpc) is 3.28. The van der Waals surface area contributed by atoms with Gasteiger partial charge in [0.1, 0.15) is 24.2 Å². The van der Waals surface area contributed by atoms with Crippen LogP contribution in [0.15, 0.2) is 104 Å². The van der Waals surface area contributed by atoms with Crippen molar-refractivity contribution in [2.24, 2.45) is 0 Å². The second-order valence-corrected chi connectivity index (χ2v) is 7.98. The number of allylic oxidation sites excluding steroid dienone is 2. The number of esters is 1. The predicted molar refractivity (Wildman–Crippen MR) is 139 cm³/mol. The van der Waals surface area contributed by atoms with Crippen LogP contribution in [-0.4, -0.2) is 35.3 Å². The molecule has 3 aromatic carbocycles. The lowest BCUT2D eigenvalue weighted by molar-refractivity contribution is -0.142. The first kappa shape index (κ1) is 23.8. The largest absolute Gasteiger partial charge is 0.492 e. The smallest absolute Gasteiger partial charge is 0.328 e. The zero-order valence-electron chi connectivity index (χ0n) is 19.8. The predicted octanol–water partition coefficient (Wildman–Crippen LogP) is 5.16. The zero-order valence-corrected chi connectivity index (χ0v) is 19.8. The highest BCUT2D eigenvalue weighted by Gasteiger charge is 2.18. The lowest BCUT2D eigenvalue weighted by Gasteiger charge is -2.15. The number of nitrogens with zero attached hydrogens (tertiary/aromatic N) is 2. The summed E-state index contributed by atoms with van der Waals surface area (Å²) >= 11 is 0. The topological polar surface area (TPSA) is 65.4 Å². The lowest BCUT2D eigenvalue weighted by atomic mass is 10.1. The molecular formula is C29H29N3O3. The van der Waals surface area contributed by atoms with Crippen molar-refractivity contribution < 1.29 is 14.3 Å². The SMILES string of the molecule is C=C/C=C\NC(Cc1ccc(OCCn2c(-c3ccccc3)nc3ccccc32)cc1)C(=O)OC. The van der Waals surface area contributed by atoms with Crippen molar-refractivity contribution in [3.05, 3.63) is 109 Å². The molecule has 0 radical (unpaired) electrons. The fraction of sp³-hybridized carbons (Fsp3) is 0.172. The Bertz CT molecular complexity index is 1290. The Kier molecular flexibility index (Phi) is 7.96. The van der Waals surface area contributed by atoms with Crippen molar-refractivity contribution in [2.45, 2.75) is 19.0 Å². The molecule has 0 bridgehead atoms. The van der Waals surface area contributed by atoms with Crippen LogP contribution >= 0.6 is 0 Å². The Labute approximate surface area is 205 Å². The van der Waals surface area contributed by atoms with E-state index in [9.17, 15) is 4.79 Å². The molecule has 1 aromatic heterocycles. The first-order chi connectivity index (χ1) is 17.2. The van der Waals surface area contributed by atoms with Crippen LogP contribution in [0.5, 0.6) is 5.75 Å². The molecule has 0 saturated heterocycles. The molecule has 1 heterocycles. The summed E-state index contributed by atoms with van der Waals surface area (Å²) in [6, 6.07) is 25.6. The van der Waals surface area contributed by atoms with Gasteiger partial charge in [-0.05, 0) is 42.1 Å². The van der Waals surface area contributed by atoms with E-state index in [1.807, 2.05) is 60.7 Å². The quantitative estimate of drug-likeness (QED) is 0.244. The van der Waals surface area contributed by atoms with E-state index in [-0.39, 0.29) is 5.97 Å². The van der Waals surface area contributed by atoms with Gasteiger partial charge >= 0.3 is 5.97 Å². The minimum atomic E-state index is -0.478. The summed E-state index contributed by atoms with van der Waals surface area (Å²) in [5.41, 5.74) is 4.12. The Balaban J connectivity index is 1.42. The van der Waals surface area contributed by atoms with E-state index in [0.29, 0.717) is 19.6 Å². The van der Waals surface area contributed by atoms with E-state index < -0.39 is 6.04 Å². The van der Waals surface area contributed by atoms with Crippen molar-refractivity contribution >= 4 is 17.0 Å². The minimum absolute atomic E-state index is 0.319. The number of methoxy groups -OCH3 is 1. The van der Waals surface area contributed by atoms with Crippen LogP contribution < -0.4 is 10.1 Å². The zero-order chi connectivity index (χ0) is 24.5. The van der Waals surface area contributed by atoms with Gasteiger partial charge in [0.2, 0.25) is 0 Å². The van der Waals surface area contributed by atoms with Crippen molar-refractivity contribution in [1.29, 1.82) is 0 Å². The van der Waals surface area contributed by atoms with Gasteiger partial charge in [0.05, 0.1) is 24.7 Å².